The van der Waals surface area contributed by atoms with Gasteiger partial charge < -0.3 is 38.8 Å². The van der Waals surface area contributed by atoms with Crippen molar-refractivity contribution < 1.29 is 37.9 Å². The van der Waals surface area contributed by atoms with Crippen molar-refractivity contribution in [2.24, 2.45) is 0 Å². The first-order valence-electron chi connectivity index (χ1n) is 15.8. The molecule has 0 amide bonds. The van der Waals surface area contributed by atoms with E-state index in [-0.39, 0.29) is 37.2 Å². The van der Waals surface area contributed by atoms with Crippen molar-refractivity contribution in [2.45, 2.75) is 50.8 Å². The van der Waals surface area contributed by atoms with Crippen LogP contribution in [0.3, 0.4) is 0 Å². The van der Waals surface area contributed by atoms with Crippen LogP contribution >= 0.6 is 0 Å². The highest BCUT2D eigenvalue weighted by Gasteiger charge is 2.36. The minimum absolute atomic E-state index is 0.0513. The first kappa shape index (κ1) is 33.6. The minimum Gasteiger partial charge on any atom is -0.496 e. The van der Waals surface area contributed by atoms with Crippen LogP contribution in [0.4, 0.5) is 4.39 Å². The molecule has 0 bridgehead atoms. The Balaban J connectivity index is 1.19. The molecule has 1 unspecified atom stereocenters. The molecule has 246 valence electrons. The molecule has 4 atom stereocenters. The van der Waals surface area contributed by atoms with Crippen molar-refractivity contribution in [1.29, 1.82) is 0 Å². The average molecular weight is 634 g/mol. The van der Waals surface area contributed by atoms with E-state index in [4.69, 9.17) is 28.4 Å². The first-order valence-corrected chi connectivity index (χ1v) is 15.8. The monoisotopic (exact) mass is 633 g/mol. The molecule has 9 heteroatoms. The Morgan fingerprint density at radius 2 is 1.61 bits per heavy atom. The Labute approximate surface area is 270 Å². The molecule has 4 aromatic rings. The van der Waals surface area contributed by atoms with E-state index in [1.54, 1.807) is 27.2 Å². The van der Waals surface area contributed by atoms with Crippen LogP contribution in [0.5, 0.6) is 17.2 Å². The Morgan fingerprint density at radius 1 is 0.848 bits per heavy atom. The zero-order valence-electron chi connectivity index (χ0n) is 26.7. The van der Waals surface area contributed by atoms with E-state index in [9.17, 15) is 9.50 Å². The Morgan fingerprint density at radius 3 is 2.37 bits per heavy atom. The molecule has 46 heavy (non-hydrogen) atoms. The number of benzene rings is 4. The van der Waals surface area contributed by atoms with Gasteiger partial charge in [0.1, 0.15) is 23.1 Å². The molecule has 1 saturated heterocycles. The van der Waals surface area contributed by atoms with E-state index in [0.717, 1.165) is 33.4 Å². The molecule has 0 saturated carbocycles. The molecule has 8 nitrogen and oxygen atoms in total. The first-order chi connectivity index (χ1) is 22.4. The summed E-state index contributed by atoms with van der Waals surface area (Å²) >= 11 is 0. The molecule has 1 aliphatic heterocycles. The van der Waals surface area contributed by atoms with Gasteiger partial charge in [0.2, 0.25) is 0 Å². The van der Waals surface area contributed by atoms with E-state index in [1.807, 2.05) is 30.3 Å². The Kier molecular flexibility index (Phi) is 12.2. The Hall–Kier alpha value is -3.73. The van der Waals surface area contributed by atoms with Crippen LogP contribution in [-0.2, 0) is 27.4 Å². The van der Waals surface area contributed by atoms with Gasteiger partial charge in [-0.25, -0.2) is 4.39 Å². The maximum absolute atomic E-state index is 13.6. The molecule has 1 fully saturated rings. The summed E-state index contributed by atoms with van der Waals surface area (Å²) in [7, 11) is 3.24. The number of rotatable bonds is 16. The lowest BCUT2D eigenvalue weighted by Crippen LogP contribution is -2.51. The molecule has 0 radical (unpaired) electrons. The van der Waals surface area contributed by atoms with Gasteiger partial charge in [-0.3, -0.25) is 0 Å². The van der Waals surface area contributed by atoms with Gasteiger partial charge in [-0.1, -0.05) is 36.4 Å². The number of aliphatic hydroxyl groups is 1. The predicted octanol–water partition coefficient (Wildman–Crippen LogP) is 6.02. The second kappa shape index (κ2) is 16.7. The highest BCUT2D eigenvalue weighted by atomic mass is 19.1. The smallest absolute Gasteiger partial charge is 0.127 e. The number of ether oxygens (including phenoxy) is 6. The molecular weight excluding hydrogens is 589 g/mol. The van der Waals surface area contributed by atoms with Gasteiger partial charge in [-0.2, -0.15) is 0 Å². The number of piperidine rings is 1. The van der Waals surface area contributed by atoms with Crippen molar-refractivity contribution in [3.63, 3.8) is 0 Å². The van der Waals surface area contributed by atoms with E-state index >= 15 is 0 Å². The number of nitrogens with one attached hydrogen (secondary N) is 1. The number of fused-ring (bicyclic) bond motifs is 1. The van der Waals surface area contributed by atoms with Crippen LogP contribution in [0.15, 0.2) is 78.9 Å². The summed E-state index contributed by atoms with van der Waals surface area (Å²) < 4.78 is 49.0. The molecule has 2 N–H and O–H groups in total. The molecule has 0 aliphatic carbocycles. The van der Waals surface area contributed by atoms with Crippen LogP contribution in [0.1, 0.15) is 36.0 Å². The highest BCUT2D eigenvalue weighted by Crippen LogP contribution is 2.33. The normalized spacial score (nSPS) is 18.8. The average Bonchev–Trinajstić information content (AvgIpc) is 3.07. The van der Waals surface area contributed by atoms with Gasteiger partial charge in [0.05, 0.1) is 65.6 Å². The summed E-state index contributed by atoms with van der Waals surface area (Å²) in [4.78, 5) is 0. The summed E-state index contributed by atoms with van der Waals surface area (Å²) in [6, 6.07) is 24.8. The molecule has 0 spiro atoms. The minimum atomic E-state index is -0.567. The zero-order chi connectivity index (χ0) is 32.3. The zero-order valence-corrected chi connectivity index (χ0v) is 26.7. The third-order valence-corrected chi connectivity index (χ3v) is 8.08. The standard InChI is InChI=1S/C37H44FNO7/c1-25(40)22-45-35-20-39-21-36(46-23-26-17-28-7-4-5-8-32(28)34(18-26)42-3)37(35)27-9-12-31(13-10-27)44-16-6-15-43-24-29-19-30(38)11-14-33(29)41-2/h4-5,7-14,17-19,25,35-37,39-40H,6,15-16,20-24H2,1-3H3/t25?,35-,36+,37+/m1/s1. The molecular formula is C37H44FNO7. The van der Waals surface area contributed by atoms with Crippen molar-refractivity contribution in [3.8, 4) is 17.2 Å². The molecule has 1 aliphatic rings. The number of hydrogen-bond donors (Lipinski definition) is 2. The second-order valence-corrected chi connectivity index (χ2v) is 11.6. The summed E-state index contributed by atoms with van der Waals surface area (Å²) in [5.41, 5.74) is 2.79. The van der Waals surface area contributed by atoms with Gasteiger partial charge in [0.15, 0.2) is 0 Å². The van der Waals surface area contributed by atoms with E-state index in [1.165, 1.54) is 12.1 Å². The van der Waals surface area contributed by atoms with Gasteiger partial charge in [0.25, 0.3) is 0 Å². The van der Waals surface area contributed by atoms with Crippen LogP contribution in [0.2, 0.25) is 0 Å². The number of aliphatic hydroxyl groups excluding tert-OH is 1. The van der Waals surface area contributed by atoms with Crippen LogP contribution in [0, 0.1) is 5.82 Å². The van der Waals surface area contributed by atoms with Gasteiger partial charge in [-0.05, 0) is 65.9 Å². The highest BCUT2D eigenvalue weighted by molar-refractivity contribution is 5.89. The summed E-state index contributed by atoms with van der Waals surface area (Å²) in [5.74, 6) is 1.81. The lowest BCUT2D eigenvalue weighted by Gasteiger charge is -2.39. The quantitative estimate of drug-likeness (QED) is 0.145. The molecule has 4 aromatic carbocycles. The summed E-state index contributed by atoms with van der Waals surface area (Å²) in [5, 5.41) is 15.5. The van der Waals surface area contributed by atoms with E-state index in [0.29, 0.717) is 50.6 Å². The summed E-state index contributed by atoms with van der Waals surface area (Å²) in [6.07, 6.45) is -0.230. The maximum Gasteiger partial charge on any atom is 0.127 e. The van der Waals surface area contributed by atoms with Crippen molar-refractivity contribution >= 4 is 10.8 Å². The van der Waals surface area contributed by atoms with Gasteiger partial charge >= 0.3 is 0 Å². The van der Waals surface area contributed by atoms with E-state index in [2.05, 4.69) is 35.6 Å². The van der Waals surface area contributed by atoms with Crippen LogP contribution in [-0.4, -0.2) is 70.5 Å². The van der Waals surface area contributed by atoms with E-state index < -0.39 is 6.10 Å². The fourth-order valence-electron chi connectivity index (χ4n) is 5.85. The third-order valence-electron chi connectivity index (χ3n) is 8.08. The predicted molar refractivity (Wildman–Crippen MR) is 175 cm³/mol. The van der Waals surface area contributed by atoms with Crippen molar-refractivity contribution in [1.82, 2.24) is 5.32 Å². The fourth-order valence-corrected chi connectivity index (χ4v) is 5.85. The second-order valence-electron chi connectivity index (χ2n) is 11.6. The maximum atomic E-state index is 13.6. The largest absolute Gasteiger partial charge is 0.496 e. The number of halogens is 1. The SMILES string of the molecule is COc1ccc(F)cc1COCCCOc1ccc([C@@H]2[C@@H](OCc3cc(OC)c4ccccc4c3)CNC[C@H]2OCC(C)O)cc1. The molecule has 5 rings (SSSR count). The van der Waals surface area contributed by atoms with Gasteiger partial charge in [0, 0.05) is 36.4 Å². The van der Waals surface area contributed by atoms with Crippen LogP contribution < -0.4 is 19.5 Å². The number of methoxy groups -OCH3 is 2. The van der Waals surface area contributed by atoms with Crippen LogP contribution in [0.25, 0.3) is 10.8 Å². The molecule has 1 heterocycles. The fraction of sp³-hybridized carbons (Fsp3) is 0.405. The Bertz CT molecular complexity index is 1530. The summed E-state index contributed by atoms with van der Waals surface area (Å²) in [6.45, 7) is 4.93. The third kappa shape index (κ3) is 8.96. The van der Waals surface area contributed by atoms with Crippen molar-refractivity contribution in [3.05, 3.63) is 101 Å². The van der Waals surface area contributed by atoms with Gasteiger partial charge in [-0.15, -0.1) is 0 Å². The number of hydrogen-bond acceptors (Lipinski definition) is 8. The molecule has 0 aromatic heterocycles. The van der Waals surface area contributed by atoms with Crippen molar-refractivity contribution in [2.75, 3.05) is 47.1 Å². The lowest BCUT2D eigenvalue weighted by molar-refractivity contribution is -0.0752. The lowest BCUT2D eigenvalue weighted by atomic mass is 9.85. The topological polar surface area (TPSA) is 87.6 Å².